The van der Waals surface area contributed by atoms with Gasteiger partial charge in [-0.05, 0) is 25.0 Å². The van der Waals surface area contributed by atoms with E-state index >= 15 is 0 Å². The molecule has 0 saturated carbocycles. The summed E-state index contributed by atoms with van der Waals surface area (Å²) < 4.78 is 6.85. The maximum atomic E-state index is 6.00. The summed E-state index contributed by atoms with van der Waals surface area (Å²) in [5.74, 6) is 1.05. The number of hydrogen-bond donors (Lipinski definition) is 0. The zero-order chi connectivity index (χ0) is 20.7. The van der Waals surface area contributed by atoms with Gasteiger partial charge in [0, 0.05) is 12.1 Å². The molecule has 0 aliphatic heterocycles. The molecule has 0 unspecified atom stereocenters. The maximum absolute atomic E-state index is 6.00. The van der Waals surface area contributed by atoms with Crippen molar-refractivity contribution in [2.45, 2.75) is 104 Å². The minimum absolute atomic E-state index is 0.847. The van der Waals surface area contributed by atoms with Gasteiger partial charge in [0.05, 0.1) is 27.7 Å². The molecule has 1 aromatic carbocycles. The topological polar surface area (TPSA) is 9.23 Å². The first-order valence-electron chi connectivity index (χ1n) is 12.0. The highest BCUT2D eigenvalue weighted by Gasteiger charge is 2.13. The van der Waals surface area contributed by atoms with Gasteiger partial charge in [0.15, 0.2) is 0 Å². The fourth-order valence-electron chi connectivity index (χ4n) is 3.69. The quantitative estimate of drug-likeness (QED) is 0.193. The Kier molecular flexibility index (Phi) is 13.3. The van der Waals surface area contributed by atoms with E-state index in [1.165, 1.54) is 101 Å². The van der Waals surface area contributed by atoms with Crippen molar-refractivity contribution in [2.75, 3.05) is 27.7 Å². The van der Waals surface area contributed by atoms with Gasteiger partial charge in [-0.3, -0.25) is 4.48 Å². The number of ether oxygens (including phenoxy) is 1. The largest absolute Gasteiger partial charge is 0.493 e. The van der Waals surface area contributed by atoms with Crippen LogP contribution in [0.25, 0.3) is 0 Å². The summed E-state index contributed by atoms with van der Waals surface area (Å²) in [5.41, 5.74) is 2.57. The Morgan fingerprint density at radius 1 is 0.679 bits per heavy atom. The summed E-state index contributed by atoms with van der Waals surface area (Å²) in [5, 5.41) is 0. The van der Waals surface area contributed by atoms with Crippen LogP contribution in [-0.2, 0) is 0 Å². The Balaban J connectivity index is 1.94. The Morgan fingerprint density at radius 3 is 1.57 bits per heavy atom. The Labute approximate surface area is 176 Å². The number of quaternary nitrogens is 1. The number of nitrogens with zero attached hydrogens (tertiary/aromatic N) is 1. The van der Waals surface area contributed by atoms with Crippen molar-refractivity contribution >= 4 is 5.69 Å². The molecule has 0 aliphatic carbocycles. The molecule has 0 saturated heterocycles. The van der Waals surface area contributed by atoms with Crippen LogP contribution >= 0.6 is 0 Å². The van der Waals surface area contributed by atoms with Gasteiger partial charge in [-0.15, -0.1) is 0 Å². The van der Waals surface area contributed by atoms with Gasteiger partial charge >= 0.3 is 0 Å². The number of unbranched alkanes of at least 4 members (excludes halogenated alkanes) is 13. The van der Waals surface area contributed by atoms with Crippen molar-refractivity contribution in [3.8, 4) is 5.75 Å². The van der Waals surface area contributed by atoms with Crippen LogP contribution in [0.2, 0.25) is 0 Å². The van der Waals surface area contributed by atoms with Gasteiger partial charge in [0.25, 0.3) is 0 Å². The molecular formula is C26H48NO+. The van der Waals surface area contributed by atoms with E-state index in [4.69, 9.17) is 4.74 Å². The van der Waals surface area contributed by atoms with Crippen LogP contribution < -0.4 is 9.22 Å². The van der Waals surface area contributed by atoms with E-state index in [0.29, 0.717) is 0 Å². The molecule has 0 bridgehead atoms. The summed E-state index contributed by atoms with van der Waals surface area (Å²) in [4.78, 5) is 0. The molecule has 2 nitrogen and oxygen atoms in total. The van der Waals surface area contributed by atoms with E-state index in [-0.39, 0.29) is 0 Å². The monoisotopic (exact) mass is 390 g/mol. The molecule has 0 spiro atoms. The first kappa shape index (κ1) is 25.0. The standard InChI is InChI=1S/C26H48NO/c1-6-7-8-9-10-11-12-13-14-15-16-17-18-19-22-28-26-21-20-25(23-24(26)2)27(3,4)5/h20-21,23H,6-19,22H2,1-5H3/q+1. The molecule has 0 radical (unpaired) electrons. The summed E-state index contributed by atoms with van der Waals surface area (Å²) in [6, 6.07) is 6.58. The van der Waals surface area contributed by atoms with Crippen molar-refractivity contribution < 1.29 is 4.74 Å². The first-order valence-corrected chi connectivity index (χ1v) is 12.0. The number of benzene rings is 1. The molecule has 162 valence electrons. The summed E-state index contributed by atoms with van der Waals surface area (Å²) in [6.45, 7) is 5.29. The van der Waals surface area contributed by atoms with Crippen LogP contribution in [0.1, 0.15) is 102 Å². The van der Waals surface area contributed by atoms with Gasteiger partial charge in [-0.25, -0.2) is 0 Å². The van der Waals surface area contributed by atoms with Gasteiger partial charge < -0.3 is 4.74 Å². The SMILES string of the molecule is CCCCCCCCCCCCCCCCOc1ccc([N+](C)(C)C)cc1C. The van der Waals surface area contributed by atoms with Crippen LogP contribution in [0.5, 0.6) is 5.75 Å². The van der Waals surface area contributed by atoms with Crippen LogP contribution in [0.15, 0.2) is 18.2 Å². The van der Waals surface area contributed by atoms with Crippen molar-refractivity contribution in [3.63, 3.8) is 0 Å². The van der Waals surface area contributed by atoms with Crippen LogP contribution in [-0.4, -0.2) is 27.7 Å². The molecular weight excluding hydrogens is 342 g/mol. The highest BCUT2D eigenvalue weighted by molar-refractivity contribution is 5.49. The molecule has 0 N–H and O–H groups in total. The summed E-state index contributed by atoms with van der Waals surface area (Å²) >= 11 is 0. The molecule has 2 heteroatoms. The fourth-order valence-corrected chi connectivity index (χ4v) is 3.69. The van der Waals surface area contributed by atoms with E-state index < -0.39 is 0 Å². The lowest BCUT2D eigenvalue weighted by Gasteiger charge is -2.24. The average Bonchev–Trinajstić information content (AvgIpc) is 2.65. The van der Waals surface area contributed by atoms with Gasteiger partial charge in [0.1, 0.15) is 11.4 Å². The minimum Gasteiger partial charge on any atom is -0.493 e. The molecule has 0 aliphatic rings. The van der Waals surface area contributed by atoms with Crippen LogP contribution in [0, 0.1) is 6.92 Å². The van der Waals surface area contributed by atoms with Crippen LogP contribution in [0.3, 0.4) is 0 Å². The summed E-state index contributed by atoms with van der Waals surface area (Å²) in [6.07, 6.45) is 19.6. The number of hydrogen-bond acceptors (Lipinski definition) is 1. The predicted octanol–water partition coefficient (Wildman–Crippen LogP) is 8.05. The third-order valence-electron chi connectivity index (χ3n) is 5.69. The molecule has 1 aromatic rings. The molecule has 28 heavy (non-hydrogen) atoms. The molecule has 0 heterocycles. The number of rotatable bonds is 17. The van der Waals surface area contributed by atoms with E-state index in [1.54, 1.807) is 0 Å². The van der Waals surface area contributed by atoms with E-state index in [1.807, 2.05) is 0 Å². The lowest BCUT2D eigenvalue weighted by molar-refractivity contribution is 0.302. The normalized spacial score (nSPS) is 11.8. The third kappa shape index (κ3) is 11.7. The van der Waals surface area contributed by atoms with Crippen molar-refractivity contribution in [1.29, 1.82) is 0 Å². The van der Waals surface area contributed by atoms with Gasteiger partial charge in [-0.2, -0.15) is 0 Å². The van der Waals surface area contributed by atoms with E-state index in [9.17, 15) is 0 Å². The predicted molar refractivity (Wildman–Crippen MR) is 127 cm³/mol. The van der Waals surface area contributed by atoms with Crippen molar-refractivity contribution in [2.24, 2.45) is 0 Å². The average molecular weight is 391 g/mol. The second-order valence-corrected chi connectivity index (χ2v) is 9.41. The molecule has 1 rings (SSSR count). The van der Waals surface area contributed by atoms with Gasteiger partial charge in [0.2, 0.25) is 0 Å². The first-order chi connectivity index (χ1) is 13.4. The Morgan fingerprint density at radius 2 is 1.14 bits per heavy atom. The third-order valence-corrected chi connectivity index (χ3v) is 5.69. The molecule has 0 fully saturated rings. The zero-order valence-corrected chi connectivity index (χ0v) is 19.7. The van der Waals surface area contributed by atoms with Crippen molar-refractivity contribution in [3.05, 3.63) is 23.8 Å². The molecule has 0 aromatic heterocycles. The van der Waals surface area contributed by atoms with E-state index in [0.717, 1.165) is 16.8 Å². The van der Waals surface area contributed by atoms with Crippen LogP contribution in [0.4, 0.5) is 5.69 Å². The summed E-state index contributed by atoms with van der Waals surface area (Å²) in [7, 11) is 6.60. The van der Waals surface area contributed by atoms with E-state index in [2.05, 4.69) is 53.2 Å². The van der Waals surface area contributed by atoms with Gasteiger partial charge in [-0.1, -0.05) is 90.4 Å². The Hall–Kier alpha value is -1.02. The highest BCUT2D eigenvalue weighted by atomic mass is 16.5. The number of aryl methyl sites for hydroxylation is 1. The smallest absolute Gasteiger partial charge is 0.132 e. The lowest BCUT2D eigenvalue weighted by atomic mass is 10.0. The molecule has 0 amide bonds. The minimum atomic E-state index is 0.847. The highest BCUT2D eigenvalue weighted by Crippen LogP contribution is 2.26. The van der Waals surface area contributed by atoms with Crippen molar-refractivity contribution in [1.82, 2.24) is 4.48 Å². The second-order valence-electron chi connectivity index (χ2n) is 9.41. The lowest BCUT2D eigenvalue weighted by Crippen LogP contribution is -2.34. The zero-order valence-electron chi connectivity index (χ0n) is 19.7. The maximum Gasteiger partial charge on any atom is 0.132 e. The Bertz CT molecular complexity index is 504. The molecule has 0 atom stereocenters. The second kappa shape index (κ2) is 14.9. The fraction of sp³-hybridized carbons (Fsp3) is 0.769.